The summed E-state index contributed by atoms with van der Waals surface area (Å²) in [6.45, 7) is 0.636. The Labute approximate surface area is 131 Å². The molecule has 0 aliphatic heterocycles. The second kappa shape index (κ2) is 8.51. The van der Waals surface area contributed by atoms with Crippen LogP contribution in [0.3, 0.4) is 0 Å². The van der Waals surface area contributed by atoms with E-state index in [9.17, 15) is 9.59 Å². The number of amides is 1. The maximum Gasteiger partial charge on any atom is 0.305 e. The molecule has 0 spiro atoms. The van der Waals surface area contributed by atoms with Gasteiger partial charge in [-0.3, -0.25) is 14.6 Å². The molecule has 1 aliphatic rings. The van der Waals surface area contributed by atoms with E-state index in [0.29, 0.717) is 18.9 Å². The highest BCUT2D eigenvalue weighted by Crippen LogP contribution is 2.27. The molecule has 120 valence electrons. The standard InChI is InChI=1S/C17H24N2O3/c20-16(12-14-6-2-1-3-7-14)19(11-9-17(21)22)13-15-8-4-5-10-18-15/h4-5,8,10,14H,1-3,6-7,9,11-13H2,(H,21,22). The van der Waals surface area contributed by atoms with Gasteiger partial charge in [-0.1, -0.05) is 25.3 Å². The van der Waals surface area contributed by atoms with Crippen molar-refractivity contribution in [2.45, 2.75) is 51.5 Å². The highest BCUT2D eigenvalue weighted by atomic mass is 16.4. The third-order valence-electron chi connectivity index (χ3n) is 4.22. The van der Waals surface area contributed by atoms with Crippen LogP contribution in [0, 0.1) is 5.92 Å². The number of aliphatic carboxylic acids is 1. The molecular formula is C17H24N2O3. The molecule has 0 radical (unpaired) electrons. The minimum Gasteiger partial charge on any atom is -0.481 e. The van der Waals surface area contributed by atoms with Crippen molar-refractivity contribution in [3.05, 3.63) is 30.1 Å². The zero-order chi connectivity index (χ0) is 15.8. The lowest BCUT2D eigenvalue weighted by molar-refractivity contribution is -0.139. The van der Waals surface area contributed by atoms with Gasteiger partial charge >= 0.3 is 5.97 Å². The van der Waals surface area contributed by atoms with Crippen LogP contribution in [0.2, 0.25) is 0 Å². The number of hydrogen-bond acceptors (Lipinski definition) is 3. The number of carbonyl (C=O) groups is 2. The molecule has 1 saturated carbocycles. The number of aromatic nitrogens is 1. The Bertz CT molecular complexity index is 484. The summed E-state index contributed by atoms with van der Waals surface area (Å²) in [5.41, 5.74) is 0.796. The zero-order valence-electron chi connectivity index (χ0n) is 12.9. The van der Waals surface area contributed by atoms with Gasteiger partial charge in [-0.25, -0.2) is 0 Å². The molecule has 1 aromatic heterocycles. The summed E-state index contributed by atoms with van der Waals surface area (Å²) < 4.78 is 0. The summed E-state index contributed by atoms with van der Waals surface area (Å²) >= 11 is 0. The quantitative estimate of drug-likeness (QED) is 0.841. The molecule has 0 atom stereocenters. The molecule has 5 heteroatoms. The Kier molecular flexibility index (Phi) is 6.37. The number of nitrogens with zero attached hydrogens (tertiary/aromatic N) is 2. The van der Waals surface area contributed by atoms with Crippen molar-refractivity contribution in [1.82, 2.24) is 9.88 Å². The van der Waals surface area contributed by atoms with Gasteiger partial charge in [0.25, 0.3) is 0 Å². The van der Waals surface area contributed by atoms with Gasteiger partial charge in [0, 0.05) is 19.2 Å². The third-order valence-corrected chi connectivity index (χ3v) is 4.22. The Hall–Kier alpha value is -1.91. The molecule has 1 fully saturated rings. The minimum atomic E-state index is -0.878. The van der Waals surface area contributed by atoms with E-state index in [1.807, 2.05) is 18.2 Å². The van der Waals surface area contributed by atoms with Crippen molar-refractivity contribution in [3.63, 3.8) is 0 Å². The van der Waals surface area contributed by atoms with Crippen LogP contribution in [-0.2, 0) is 16.1 Å². The monoisotopic (exact) mass is 304 g/mol. The minimum absolute atomic E-state index is 0.0246. The van der Waals surface area contributed by atoms with Crippen LogP contribution in [0.1, 0.15) is 50.6 Å². The van der Waals surface area contributed by atoms with E-state index in [4.69, 9.17) is 5.11 Å². The lowest BCUT2D eigenvalue weighted by Gasteiger charge is -2.26. The highest BCUT2D eigenvalue weighted by molar-refractivity contribution is 5.77. The zero-order valence-corrected chi connectivity index (χ0v) is 12.9. The number of carboxylic acid groups (broad SMARTS) is 1. The Morgan fingerprint density at radius 2 is 2.00 bits per heavy atom. The molecule has 0 saturated heterocycles. The van der Waals surface area contributed by atoms with Crippen LogP contribution >= 0.6 is 0 Å². The van der Waals surface area contributed by atoms with E-state index < -0.39 is 5.97 Å². The van der Waals surface area contributed by atoms with Crippen molar-refractivity contribution in [2.24, 2.45) is 5.92 Å². The smallest absolute Gasteiger partial charge is 0.305 e. The van der Waals surface area contributed by atoms with Gasteiger partial charge < -0.3 is 10.0 Å². The second-order valence-electron chi connectivity index (χ2n) is 5.99. The van der Waals surface area contributed by atoms with E-state index in [1.165, 1.54) is 19.3 Å². The summed E-state index contributed by atoms with van der Waals surface area (Å²) in [6, 6.07) is 5.57. The average Bonchev–Trinajstić information content (AvgIpc) is 2.53. The van der Waals surface area contributed by atoms with Gasteiger partial charge in [-0.05, 0) is 30.9 Å². The predicted octanol–water partition coefficient (Wildman–Crippen LogP) is 2.86. The lowest BCUT2D eigenvalue weighted by Crippen LogP contribution is -2.34. The normalized spacial score (nSPS) is 15.5. The molecule has 5 nitrogen and oxygen atoms in total. The topological polar surface area (TPSA) is 70.5 Å². The fourth-order valence-electron chi connectivity index (χ4n) is 2.98. The molecule has 2 rings (SSSR count). The molecule has 1 heterocycles. The van der Waals surface area contributed by atoms with Crippen molar-refractivity contribution >= 4 is 11.9 Å². The van der Waals surface area contributed by atoms with E-state index in [0.717, 1.165) is 18.5 Å². The number of carboxylic acids is 1. The number of carbonyl (C=O) groups excluding carboxylic acids is 1. The fraction of sp³-hybridized carbons (Fsp3) is 0.588. The average molecular weight is 304 g/mol. The van der Waals surface area contributed by atoms with Gasteiger partial charge in [-0.15, -0.1) is 0 Å². The fourth-order valence-corrected chi connectivity index (χ4v) is 2.98. The number of rotatable bonds is 7. The molecule has 0 unspecified atom stereocenters. The van der Waals surface area contributed by atoms with Gasteiger partial charge in [0.15, 0.2) is 0 Å². The molecule has 0 bridgehead atoms. The predicted molar refractivity (Wildman–Crippen MR) is 83.1 cm³/mol. The van der Waals surface area contributed by atoms with Crippen molar-refractivity contribution in [1.29, 1.82) is 0 Å². The SMILES string of the molecule is O=C(O)CCN(Cc1ccccn1)C(=O)CC1CCCCC1. The van der Waals surface area contributed by atoms with Crippen molar-refractivity contribution < 1.29 is 14.7 Å². The second-order valence-corrected chi connectivity index (χ2v) is 5.99. The first-order chi connectivity index (χ1) is 10.6. The van der Waals surface area contributed by atoms with Crippen LogP contribution in [0.15, 0.2) is 24.4 Å². The van der Waals surface area contributed by atoms with Crippen LogP contribution in [0.5, 0.6) is 0 Å². The third kappa shape index (κ3) is 5.47. The summed E-state index contributed by atoms with van der Waals surface area (Å²) in [5, 5.41) is 8.88. The molecule has 22 heavy (non-hydrogen) atoms. The van der Waals surface area contributed by atoms with Crippen molar-refractivity contribution in [3.8, 4) is 0 Å². The summed E-state index contributed by atoms with van der Waals surface area (Å²) in [7, 11) is 0. The van der Waals surface area contributed by atoms with Gasteiger partial charge in [0.05, 0.1) is 18.7 Å². The molecule has 1 aliphatic carbocycles. The summed E-state index contributed by atoms with van der Waals surface area (Å²) in [4.78, 5) is 29.2. The van der Waals surface area contributed by atoms with Crippen molar-refractivity contribution in [2.75, 3.05) is 6.54 Å². The highest BCUT2D eigenvalue weighted by Gasteiger charge is 2.22. The maximum absolute atomic E-state index is 12.5. The van der Waals surface area contributed by atoms with Gasteiger partial charge in [-0.2, -0.15) is 0 Å². The van der Waals surface area contributed by atoms with Gasteiger partial charge in [0.2, 0.25) is 5.91 Å². The lowest BCUT2D eigenvalue weighted by atomic mass is 9.86. The van der Waals surface area contributed by atoms with E-state index >= 15 is 0 Å². The molecule has 1 aromatic rings. The first kappa shape index (κ1) is 16.5. The first-order valence-electron chi connectivity index (χ1n) is 8.04. The van der Waals surface area contributed by atoms with Gasteiger partial charge in [0.1, 0.15) is 0 Å². The summed E-state index contributed by atoms with van der Waals surface area (Å²) in [5.74, 6) is -0.368. The van der Waals surface area contributed by atoms with E-state index in [2.05, 4.69) is 4.98 Å². The first-order valence-corrected chi connectivity index (χ1v) is 8.04. The van der Waals surface area contributed by atoms with Crippen LogP contribution in [-0.4, -0.2) is 33.4 Å². The van der Waals surface area contributed by atoms with E-state index in [1.54, 1.807) is 11.1 Å². The molecule has 1 amide bonds. The van der Waals surface area contributed by atoms with Crippen LogP contribution in [0.25, 0.3) is 0 Å². The number of pyridine rings is 1. The molecule has 1 N–H and O–H groups in total. The van der Waals surface area contributed by atoms with Crippen LogP contribution < -0.4 is 0 Å². The largest absolute Gasteiger partial charge is 0.481 e. The Morgan fingerprint density at radius 3 is 2.64 bits per heavy atom. The molecular weight excluding hydrogens is 280 g/mol. The van der Waals surface area contributed by atoms with Crippen LogP contribution in [0.4, 0.5) is 0 Å². The summed E-state index contributed by atoms with van der Waals surface area (Å²) in [6.07, 6.45) is 8.10. The van der Waals surface area contributed by atoms with E-state index in [-0.39, 0.29) is 18.9 Å². The Morgan fingerprint density at radius 1 is 1.23 bits per heavy atom. The number of hydrogen-bond donors (Lipinski definition) is 1. The Balaban J connectivity index is 1.95. The molecule has 0 aromatic carbocycles. The maximum atomic E-state index is 12.5.